The zero-order valence-electron chi connectivity index (χ0n) is 20.0. The van der Waals surface area contributed by atoms with Crippen molar-refractivity contribution < 1.29 is 22.5 Å². The first-order valence-corrected chi connectivity index (χ1v) is 12.8. The second-order valence-electron chi connectivity index (χ2n) is 9.19. The van der Waals surface area contributed by atoms with Crippen molar-refractivity contribution in [3.05, 3.63) is 35.5 Å². The molecule has 0 aliphatic carbocycles. The third-order valence-electron chi connectivity index (χ3n) is 5.73. The number of aromatic nitrogens is 2. The molecule has 0 saturated carbocycles. The molecule has 33 heavy (non-hydrogen) atoms. The summed E-state index contributed by atoms with van der Waals surface area (Å²) >= 11 is 0. The molecule has 2 heterocycles. The van der Waals surface area contributed by atoms with Crippen LogP contribution in [0.5, 0.6) is 5.75 Å². The fraction of sp³-hybridized carbons (Fsp3) is 0.609. The van der Waals surface area contributed by atoms with Crippen LogP contribution in [0, 0.1) is 11.8 Å². The number of carbonyl (C=O) groups excluding carboxylic acids is 1. The average Bonchev–Trinajstić information content (AvgIpc) is 3.25. The quantitative estimate of drug-likeness (QED) is 0.550. The third-order valence-corrected chi connectivity index (χ3v) is 7.58. The molecule has 2 atom stereocenters. The van der Waals surface area contributed by atoms with Gasteiger partial charge in [-0.05, 0) is 42.9 Å². The van der Waals surface area contributed by atoms with E-state index in [9.17, 15) is 13.2 Å². The molecule has 2 aromatic rings. The van der Waals surface area contributed by atoms with Crippen LogP contribution in [0.2, 0.25) is 0 Å². The van der Waals surface area contributed by atoms with Gasteiger partial charge in [0.05, 0.1) is 7.11 Å². The van der Waals surface area contributed by atoms with Gasteiger partial charge in [0, 0.05) is 37.5 Å². The van der Waals surface area contributed by atoms with Gasteiger partial charge in [-0.1, -0.05) is 32.9 Å². The molecule has 1 aromatic heterocycles. The predicted octanol–water partition coefficient (Wildman–Crippen LogP) is 3.23. The molecule has 10 heteroatoms. The molecule has 1 saturated heterocycles. The highest BCUT2D eigenvalue weighted by Crippen LogP contribution is 2.32. The monoisotopic (exact) mass is 478 g/mol. The van der Waals surface area contributed by atoms with Crippen molar-refractivity contribution in [3.8, 4) is 5.75 Å². The summed E-state index contributed by atoms with van der Waals surface area (Å²) in [5.41, 5.74) is 0.271. The lowest BCUT2D eigenvalue weighted by Gasteiger charge is -2.34. The van der Waals surface area contributed by atoms with Crippen molar-refractivity contribution in [2.24, 2.45) is 11.8 Å². The summed E-state index contributed by atoms with van der Waals surface area (Å²) in [5.74, 6) is 1.83. The Morgan fingerprint density at radius 2 is 1.97 bits per heavy atom. The third kappa shape index (κ3) is 6.11. The molecule has 3 rings (SSSR count). The molecule has 1 aliphatic heterocycles. The van der Waals surface area contributed by atoms with E-state index in [0.29, 0.717) is 44.2 Å². The molecule has 1 amide bonds. The number of amides is 1. The van der Waals surface area contributed by atoms with E-state index >= 15 is 0 Å². The van der Waals surface area contributed by atoms with Crippen molar-refractivity contribution in [1.82, 2.24) is 19.8 Å². The van der Waals surface area contributed by atoms with Crippen LogP contribution < -0.4 is 10.1 Å². The standard InChI is InChI=1S/C23H34N4O5S/c1-15(2)22-25-21(32-26-22)7-6-10-24-23(28)18-8-9-19(31-5)20(12-18)33(29,30)27-13-16(3)11-17(4)14-27/h8-9,12,15-17H,6-7,10-11,13-14H2,1-5H3,(H,24,28). The van der Waals surface area contributed by atoms with Crippen LogP contribution in [0.4, 0.5) is 0 Å². The molecule has 1 fully saturated rings. The maximum atomic E-state index is 13.4. The number of hydrogen-bond acceptors (Lipinski definition) is 7. The van der Waals surface area contributed by atoms with E-state index in [4.69, 9.17) is 9.26 Å². The summed E-state index contributed by atoms with van der Waals surface area (Å²) in [6.45, 7) is 9.40. The van der Waals surface area contributed by atoms with Gasteiger partial charge in [0.2, 0.25) is 15.9 Å². The van der Waals surface area contributed by atoms with E-state index in [1.165, 1.54) is 23.5 Å². The number of sulfonamides is 1. The predicted molar refractivity (Wildman–Crippen MR) is 124 cm³/mol. The van der Waals surface area contributed by atoms with Crippen LogP contribution in [0.3, 0.4) is 0 Å². The van der Waals surface area contributed by atoms with Gasteiger partial charge in [0.15, 0.2) is 5.82 Å². The van der Waals surface area contributed by atoms with Crippen molar-refractivity contribution >= 4 is 15.9 Å². The Kier molecular flexibility index (Phi) is 8.12. The van der Waals surface area contributed by atoms with E-state index < -0.39 is 10.0 Å². The Balaban J connectivity index is 1.67. The summed E-state index contributed by atoms with van der Waals surface area (Å²) in [6.07, 6.45) is 2.16. The number of carbonyl (C=O) groups is 1. The second-order valence-corrected chi connectivity index (χ2v) is 11.1. The number of aryl methyl sites for hydroxylation is 1. The van der Waals surface area contributed by atoms with Gasteiger partial charge in [0.1, 0.15) is 10.6 Å². The van der Waals surface area contributed by atoms with E-state index in [1.807, 2.05) is 13.8 Å². The fourth-order valence-electron chi connectivity index (χ4n) is 4.11. The lowest BCUT2D eigenvalue weighted by atomic mass is 9.94. The van der Waals surface area contributed by atoms with Crippen LogP contribution in [-0.2, 0) is 16.4 Å². The fourth-order valence-corrected chi connectivity index (χ4v) is 5.97. The molecular weight excluding hydrogens is 444 g/mol. The largest absolute Gasteiger partial charge is 0.495 e. The lowest BCUT2D eigenvalue weighted by Crippen LogP contribution is -2.42. The highest BCUT2D eigenvalue weighted by molar-refractivity contribution is 7.89. The Hall–Kier alpha value is -2.46. The summed E-state index contributed by atoms with van der Waals surface area (Å²) in [6, 6.07) is 4.51. The number of benzene rings is 1. The van der Waals surface area contributed by atoms with Crippen LogP contribution in [0.1, 0.15) is 68.5 Å². The lowest BCUT2D eigenvalue weighted by molar-refractivity contribution is 0.0952. The van der Waals surface area contributed by atoms with Crippen LogP contribution >= 0.6 is 0 Å². The Bertz CT molecular complexity index is 1060. The molecule has 182 valence electrons. The normalized spacial score (nSPS) is 19.6. The maximum Gasteiger partial charge on any atom is 0.251 e. The van der Waals surface area contributed by atoms with Crippen LogP contribution in [0.25, 0.3) is 0 Å². The minimum atomic E-state index is -3.79. The number of nitrogens with one attached hydrogen (secondary N) is 1. The number of rotatable bonds is 9. The van der Waals surface area contributed by atoms with Crippen molar-refractivity contribution in [2.75, 3.05) is 26.7 Å². The molecule has 0 radical (unpaired) electrons. The molecule has 2 unspecified atom stereocenters. The van der Waals surface area contributed by atoms with E-state index in [2.05, 4.69) is 29.3 Å². The number of nitrogens with zero attached hydrogens (tertiary/aromatic N) is 3. The maximum absolute atomic E-state index is 13.4. The molecule has 9 nitrogen and oxygen atoms in total. The van der Waals surface area contributed by atoms with Gasteiger partial charge < -0.3 is 14.6 Å². The van der Waals surface area contributed by atoms with E-state index in [1.54, 1.807) is 6.07 Å². The number of hydrogen-bond donors (Lipinski definition) is 1. The van der Waals surface area contributed by atoms with Gasteiger partial charge in [0.25, 0.3) is 5.91 Å². The van der Waals surface area contributed by atoms with Gasteiger partial charge in [-0.2, -0.15) is 9.29 Å². The Morgan fingerprint density at radius 3 is 2.58 bits per heavy atom. The molecule has 1 aliphatic rings. The Labute approximate surface area is 195 Å². The number of ether oxygens (including phenoxy) is 1. The average molecular weight is 479 g/mol. The van der Waals surface area contributed by atoms with Gasteiger partial charge in [-0.3, -0.25) is 4.79 Å². The van der Waals surface area contributed by atoms with Gasteiger partial charge >= 0.3 is 0 Å². The van der Waals surface area contributed by atoms with Gasteiger partial charge in [-0.25, -0.2) is 8.42 Å². The second kappa shape index (κ2) is 10.6. The first kappa shape index (κ1) is 25.2. The first-order valence-electron chi connectivity index (χ1n) is 11.4. The smallest absolute Gasteiger partial charge is 0.251 e. The summed E-state index contributed by atoms with van der Waals surface area (Å²) in [4.78, 5) is 17.0. The molecule has 1 N–H and O–H groups in total. The Morgan fingerprint density at radius 1 is 1.27 bits per heavy atom. The zero-order valence-corrected chi connectivity index (χ0v) is 20.8. The number of methoxy groups -OCH3 is 1. The van der Waals surface area contributed by atoms with Crippen molar-refractivity contribution in [3.63, 3.8) is 0 Å². The van der Waals surface area contributed by atoms with E-state index in [-0.39, 0.29) is 39.9 Å². The minimum Gasteiger partial charge on any atom is -0.495 e. The SMILES string of the molecule is COc1ccc(C(=O)NCCCc2nc(C(C)C)no2)cc1S(=O)(=O)N1CC(C)CC(C)C1. The molecular formula is C23H34N4O5S. The van der Waals surface area contributed by atoms with Gasteiger partial charge in [-0.15, -0.1) is 0 Å². The summed E-state index contributed by atoms with van der Waals surface area (Å²) < 4.78 is 38.8. The summed E-state index contributed by atoms with van der Waals surface area (Å²) in [7, 11) is -2.36. The minimum absolute atomic E-state index is 0.0195. The molecule has 0 spiro atoms. The van der Waals surface area contributed by atoms with Crippen molar-refractivity contribution in [1.29, 1.82) is 0 Å². The highest BCUT2D eigenvalue weighted by Gasteiger charge is 2.34. The van der Waals surface area contributed by atoms with Crippen LogP contribution in [-0.4, -0.2) is 55.5 Å². The first-order chi connectivity index (χ1) is 15.6. The zero-order chi connectivity index (χ0) is 24.2. The molecule has 1 aromatic carbocycles. The molecule has 0 bridgehead atoms. The van der Waals surface area contributed by atoms with Crippen molar-refractivity contribution in [2.45, 2.75) is 57.8 Å². The van der Waals surface area contributed by atoms with E-state index in [0.717, 1.165) is 6.42 Å². The van der Waals surface area contributed by atoms with Crippen LogP contribution in [0.15, 0.2) is 27.6 Å². The topological polar surface area (TPSA) is 115 Å². The summed E-state index contributed by atoms with van der Waals surface area (Å²) in [5, 5.41) is 6.76. The number of piperidine rings is 1. The highest BCUT2D eigenvalue weighted by atomic mass is 32.2.